The number of hydrogen-bond donors (Lipinski definition) is 3. The number of hydrogen-bond acceptors (Lipinski definition) is 6. The van der Waals surface area contributed by atoms with Gasteiger partial charge in [-0.2, -0.15) is 0 Å². The van der Waals surface area contributed by atoms with E-state index in [9.17, 15) is 14.4 Å². The molecule has 2 aromatic rings. The molecule has 2 heterocycles. The minimum absolute atomic E-state index is 0.000267. The van der Waals surface area contributed by atoms with Gasteiger partial charge in [-0.05, 0) is 35.7 Å². The van der Waals surface area contributed by atoms with E-state index in [0.29, 0.717) is 19.5 Å². The van der Waals surface area contributed by atoms with Crippen molar-refractivity contribution < 1.29 is 19.5 Å². The lowest BCUT2D eigenvalue weighted by atomic mass is 10.0. The Morgan fingerprint density at radius 2 is 1.79 bits per heavy atom. The zero-order chi connectivity index (χ0) is 21.1. The van der Waals surface area contributed by atoms with Crippen LogP contribution in [0.25, 0.3) is 0 Å². The Hall–Kier alpha value is -2.23. The molecule has 0 aliphatic rings. The number of nitrogens with zero attached hydrogens (tertiary/aromatic N) is 1. The van der Waals surface area contributed by atoms with Crippen LogP contribution in [-0.4, -0.2) is 40.5 Å². The van der Waals surface area contributed by atoms with Gasteiger partial charge in [0.25, 0.3) is 0 Å². The monoisotopic (exact) mass is 437 g/mol. The minimum Gasteiger partial charge on any atom is -0.481 e. The molecule has 9 heteroatoms. The van der Waals surface area contributed by atoms with Crippen LogP contribution in [0.1, 0.15) is 42.4 Å². The Morgan fingerprint density at radius 3 is 2.24 bits per heavy atom. The molecule has 0 bridgehead atoms. The summed E-state index contributed by atoms with van der Waals surface area (Å²) in [5.74, 6) is -0.991. The number of carboxylic acid groups (broad SMARTS) is 1. The van der Waals surface area contributed by atoms with Crippen molar-refractivity contribution in [2.45, 2.75) is 51.4 Å². The molecular weight excluding hydrogens is 410 g/mol. The number of urea groups is 1. The minimum atomic E-state index is -1.18. The summed E-state index contributed by atoms with van der Waals surface area (Å²) in [4.78, 5) is 39.7. The summed E-state index contributed by atoms with van der Waals surface area (Å²) in [5, 5.41) is 18.1. The molecule has 0 radical (unpaired) electrons. The van der Waals surface area contributed by atoms with Gasteiger partial charge in [-0.25, -0.2) is 4.79 Å². The van der Waals surface area contributed by atoms with Gasteiger partial charge in [0.05, 0.1) is 6.42 Å². The summed E-state index contributed by atoms with van der Waals surface area (Å²) in [6.45, 7) is 3.08. The van der Waals surface area contributed by atoms with Crippen LogP contribution in [-0.2, 0) is 22.7 Å². The lowest BCUT2D eigenvalue weighted by molar-refractivity contribution is -0.136. The number of amides is 2. The highest BCUT2D eigenvalue weighted by Gasteiger charge is 2.38. The first kappa shape index (κ1) is 23.1. The van der Waals surface area contributed by atoms with Gasteiger partial charge in [0.2, 0.25) is 0 Å². The van der Waals surface area contributed by atoms with Crippen LogP contribution in [0.3, 0.4) is 0 Å². The average molecular weight is 438 g/mol. The predicted molar refractivity (Wildman–Crippen MR) is 115 cm³/mol. The number of thiophene rings is 2. The fourth-order valence-corrected chi connectivity index (χ4v) is 4.39. The highest BCUT2D eigenvalue weighted by molar-refractivity contribution is 7.10. The molecule has 7 nitrogen and oxygen atoms in total. The summed E-state index contributed by atoms with van der Waals surface area (Å²) in [6.07, 6.45) is 2.74. The molecular formula is C20H27N3O4S2. The molecule has 0 spiro atoms. The molecule has 2 rings (SSSR count). The lowest BCUT2D eigenvalue weighted by Crippen LogP contribution is -2.63. The first-order valence-electron chi connectivity index (χ1n) is 9.53. The summed E-state index contributed by atoms with van der Waals surface area (Å²) >= 11 is 3.20. The van der Waals surface area contributed by atoms with Crippen molar-refractivity contribution in [1.82, 2.24) is 15.5 Å². The Morgan fingerprint density at radius 1 is 1.17 bits per heavy atom. The normalized spacial score (nSPS) is 13.0. The number of carbonyl (C=O) groups is 3. The van der Waals surface area contributed by atoms with Gasteiger partial charge in [0.15, 0.2) is 11.9 Å². The molecule has 0 fully saturated rings. The van der Waals surface area contributed by atoms with Gasteiger partial charge in [-0.3, -0.25) is 14.5 Å². The maximum absolute atomic E-state index is 12.5. The van der Waals surface area contributed by atoms with Crippen molar-refractivity contribution in [1.29, 1.82) is 0 Å². The fourth-order valence-electron chi connectivity index (χ4n) is 2.95. The van der Waals surface area contributed by atoms with Gasteiger partial charge >= 0.3 is 12.0 Å². The molecule has 0 aromatic carbocycles. The van der Waals surface area contributed by atoms with Crippen molar-refractivity contribution >= 4 is 41.0 Å². The summed E-state index contributed by atoms with van der Waals surface area (Å²) in [6, 6.07) is 7.40. The quantitative estimate of drug-likeness (QED) is 0.328. The SMILES string of the molecule is CCCC[C@](C=O)(NC(=O)NCCC(=O)O)N(Cc1cccs1)Cc1cccs1. The first-order chi connectivity index (χ1) is 14.0. The zero-order valence-corrected chi connectivity index (χ0v) is 18.1. The zero-order valence-electron chi connectivity index (χ0n) is 16.4. The van der Waals surface area contributed by atoms with Gasteiger partial charge in [0, 0.05) is 29.4 Å². The molecule has 1 atom stereocenters. The number of carbonyl (C=O) groups excluding carboxylic acids is 2. The Bertz CT molecular complexity index is 729. The van der Waals surface area contributed by atoms with E-state index in [1.807, 2.05) is 46.8 Å². The Labute approximate surface area is 178 Å². The van der Waals surface area contributed by atoms with E-state index >= 15 is 0 Å². The third-order valence-electron chi connectivity index (χ3n) is 4.48. The highest BCUT2D eigenvalue weighted by Crippen LogP contribution is 2.26. The van der Waals surface area contributed by atoms with E-state index in [1.165, 1.54) is 0 Å². The Kier molecular flexibility index (Phi) is 9.30. The standard InChI is InChI=1S/C20H27N3O4S2/c1-2-3-9-20(15-24,22-19(27)21-10-8-18(25)26)23(13-16-6-4-11-28-16)14-17-7-5-12-29-17/h4-7,11-12,15H,2-3,8-10,13-14H2,1H3,(H,25,26)(H2,21,22,27)/t20-/m0/s1. The van der Waals surface area contributed by atoms with Gasteiger partial charge in [0.1, 0.15) is 0 Å². The van der Waals surface area contributed by atoms with Crippen LogP contribution in [0, 0.1) is 0 Å². The van der Waals surface area contributed by atoms with E-state index < -0.39 is 17.7 Å². The second-order valence-electron chi connectivity index (χ2n) is 6.69. The van der Waals surface area contributed by atoms with E-state index in [1.54, 1.807) is 22.7 Å². The lowest BCUT2D eigenvalue weighted by Gasteiger charge is -2.40. The molecule has 0 saturated carbocycles. The number of aliphatic carboxylic acids is 1. The topological polar surface area (TPSA) is 98.7 Å². The van der Waals surface area contributed by atoms with Crippen LogP contribution < -0.4 is 10.6 Å². The number of nitrogens with one attached hydrogen (secondary N) is 2. The first-order valence-corrected chi connectivity index (χ1v) is 11.3. The number of aldehydes is 1. The van der Waals surface area contributed by atoms with Crippen LogP contribution in [0.4, 0.5) is 4.79 Å². The number of unbranched alkanes of at least 4 members (excludes halogenated alkanes) is 1. The summed E-state index contributed by atoms with van der Waals surface area (Å²) in [7, 11) is 0. The molecule has 3 N–H and O–H groups in total. The third kappa shape index (κ3) is 7.26. The van der Waals surface area contributed by atoms with E-state index in [-0.39, 0.29) is 13.0 Å². The molecule has 2 aromatic heterocycles. The van der Waals surface area contributed by atoms with Crippen molar-refractivity contribution in [3.05, 3.63) is 44.8 Å². The maximum atomic E-state index is 12.5. The maximum Gasteiger partial charge on any atom is 0.316 e. The summed E-state index contributed by atoms with van der Waals surface area (Å²) < 4.78 is 0. The van der Waals surface area contributed by atoms with Crippen LogP contribution in [0.2, 0.25) is 0 Å². The van der Waals surface area contributed by atoms with Crippen molar-refractivity contribution in [2.75, 3.05) is 6.54 Å². The number of rotatable bonds is 13. The molecule has 0 unspecified atom stereocenters. The van der Waals surface area contributed by atoms with Crippen molar-refractivity contribution in [3.8, 4) is 0 Å². The van der Waals surface area contributed by atoms with E-state index in [4.69, 9.17) is 5.11 Å². The van der Waals surface area contributed by atoms with E-state index in [0.717, 1.165) is 28.9 Å². The largest absolute Gasteiger partial charge is 0.481 e. The fraction of sp³-hybridized carbons (Fsp3) is 0.450. The highest BCUT2D eigenvalue weighted by atomic mass is 32.1. The van der Waals surface area contributed by atoms with Crippen molar-refractivity contribution in [2.24, 2.45) is 0 Å². The average Bonchev–Trinajstić information content (AvgIpc) is 3.38. The Balaban J connectivity index is 2.25. The molecule has 2 amide bonds. The molecule has 0 aliphatic carbocycles. The third-order valence-corrected chi connectivity index (χ3v) is 6.20. The van der Waals surface area contributed by atoms with Crippen molar-refractivity contribution in [3.63, 3.8) is 0 Å². The van der Waals surface area contributed by atoms with Crippen LogP contribution in [0.5, 0.6) is 0 Å². The van der Waals surface area contributed by atoms with Crippen LogP contribution >= 0.6 is 22.7 Å². The molecule has 0 aliphatic heterocycles. The van der Waals surface area contributed by atoms with Crippen LogP contribution in [0.15, 0.2) is 35.0 Å². The van der Waals surface area contributed by atoms with Gasteiger partial charge in [-0.1, -0.05) is 25.5 Å². The molecule has 0 saturated heterocycles. The van der Waals surface area contributed by atoms with E-state index in [2.05, 4.69) is 10.6 Å². The number of carboxylic acids is 1. The predicted octanol–water partition coefficient (Wildman–Crippen LogP) is 3.67. The summed E-state index contributed by atoms with van der Waals surface area (Å²) in [5.41, 5.74) is -1.18. The molecule has 29 heavy (non-hydrogen) atoms. The van der Waals surface area contributed by atoms with Gasteiger partial charge < -0.3 is 15.7 Å². The second-order valence-corrected chi connectivity index (χ2v) is 8.75. The second kappa shape index (κ2) is 11.7. The van der Waals surface area contributed by atoms with Gasteiger partial charge in [-0.15, -0.1) is 22.7 Å². The smallest absolute Gasteiger partial charge is 0.316 e. The molecule has 158 valence electrons.